The first-order valence-corrected chi connectivity index (χ1v) is 7.25. The number of piperidine rings is 1. The number of fused-ring (bicyclic) bond motifs is 1. The first-order chi connectivity index (χ1) is 10.2. The zero-order valence-corrected chi connectivity index (χ0v) is 11.7. The largest absolute Gasteiger partial charge is 0.480 e. The Labute approximate surface area is 122 Å². The highest BCUT2D eigenvalue weighted by atomic mass is 16.4. The second kappa shape index (κ2) is 5.87. The Balaban J connectivity index is 1.86. The quantitative estimate of drug-likeness (QED) is 0.903. The van der Waals surface area contributed by atoms with Crippen LogP contribution in [0.4, 0.5) is 0 Å². The van der Waals surface area contributed by atoms with Crippen LogP contribution < -0.4 is 0 Å². The Hall–Kier alpha value is -1.85. The molecule has 0 spiro atoms. The first-order valence-electron chi connectivity index (χ1n) is 7.25. The molecule has 0 aliphatic carbocycles. The van der Waals surface area contributed by atoms with Crippen molar-refractivity contribution in [2.45, 2.75) is 18.9 Å². The molecule has 1 aliphatic rings. The predicted molar refractivity (Wildman–Crippen MR) is 78.0 cm³/mol. The summed E-state index contributed by atoms with van der Waals surface area (Å²) in [4.78, 5) is 13.6. The van der Waals surface area contributed by atoms with Crippen LogP contribution in [0, 0.1) is 5.92 Å². The molecule has 1 saturated heterocycles. The van der Waals surface area contributed by atoms with Gasteiger partial charge in [-0.3, -0.25) is 9.69 Å². The SMILES string of the molecule is O=C(O)C(c1cc2ccccc2o1)N1CCC(CO)CC1. The van der Waals surface area contributed by atoms with E-state index < -0.39 is 12.0 Å². The summed E-state index contributed by atoms with van der Waals surface area (Å²) in [7, 11) is 0. The fourth-order valence-corrected chi connectivity index (χ4v) is 2.99. The number of aliphatic hydroxyl groups is 1. The van der Waals surface area contributed by atoms with Crippen molar-refractivity contribution < 1.29 is 19.4 Å². The number of carboxylic acid groups (broad SMARTS) is 1. The van der Waals surface area contributed by atoms with E-state index in [9.17, 15) is 15.0 Å². The van der Waals surface area contributed by atoms with Crippen molar-refractivity contribution in [3.05, 3.63) is 36.1 Å². The molecular weight excluding hydrogens is 270 g/mol. The molecule has 1 aromatic heterocycles. The van der Waals surface area contributed by atoms with Crippen LogP contribution in [0.2, 0.25) is 0 Å². The third-order valence-corrected chi connectivity index (χ3v) is 4.22. The van der Waals surface area contributed by atoms with E-state index in [0.717, 1.165) is 18.2 Å². The lowest BCUT2D eigenvalue weighted by Gasteiger charge is -2.34. The van der Waals surface area contributed by atoms with E-state index in [0.29, 0.717) is 24.4 Å². The van der Waals surface area contributed by atoms with Gasteiger partial charge in [-0.15, -0.1) is 0 Å². The van der Waals surface area contributed by atoms with Crippen LogP contribution in [0.5, 0.6) is 0 Å². The number of hydrogen-bond acceptors (Lipinski definition) is 4. The lowest BCUT2D eigenvalue weighted by molar-refractivity contribution is -0.145. The molecule has 1 aliphatic heterocycles. The summed E-state index contributed by atoms with van der Waals surface area (Å²) in [5, 5.41) is 19.7. The number of carbonyl (C=O) groups is 1. The lowest BCUT2D eigenvalue weighted by Crippen LogP contribution is -2.40. The second-order valence-corrected chi connectivity index (χ2v) is 5.59. The summed E-state index contributed by atoms with van der Waals surface area (Å²) in [6.45, 7) is 1.51. The van der Waals surface area contributed by atoms with Crippen LogP contribution in [-0.4, -0.2) is 40.8 Å². The molecule has 1 aromatic carbocycles. The predicted octanol–water partition coefficient (Wildman–Crippen LogP) is 2.26. The van der Waals surface area contributed by atoms with Gasteiger partial charge in [-0.1, -0.05) is 18.2 Å². The van der Waals surface area contributed by atoms with E-state index in [1.54, 1.807) is 0 Å². The van der Waals surface area contributed by atoms with E-state index in [1.807, 2.05) is 35.2 Å². The molecule has 2 aromatic rings. The maximum absolute atomic E-state index is 11.7. The molecule has 1 atom stereocenters. The Morgan fingerprint density at radius 1 is 1.33 bits per heavy atom. The van der Waals surface area contributed by atoms with Crippen LogP contribution in [0.1, 0.15) is 24.6 Å². The van der Waals surface area contributed by atoms with Crippen molar-refractivity contribution in [2.24, 2.45) is 5.92 Å². The lowest BCUT2D eigenvalue weighted by atomic mass is 9.96. The Bertz CT molecular complexity index is 595. The topological polar surface area (TPSA) is 73.9 Å². The van der Waals surface area contributed by atoms with Gasteiger partial charge < -0.3 is 14.6 Å². The van der Waals surface area contributed by atoms with Gasteiger partial charge in [0.15, 0.2) is 6.04 Å². The standard InChI is InChI=1S/C16H19NO4/c18-10-11-5-7-17(8-6-11)15(16(19)20)14-9-12-3-1-2-4-13(12)21-14/h1-4,9,11,15,18H,5-8,10H2,(H,19,20). The number of likely N-dealkylation sites (tertiary alicyclic amines) is 1. The third-order valence-electron chi connectivity index (χ3n) is 4.22. The molecule has 21 heavy (non-hydrogen) atoms. The minimum atomic E-state index is -0.892. The van der Waals surface area contributed by atoms with Crippen LogP contribution in [0.25, 0.3) is 11.0 Å². The Kier molecular flexibility index (Phi) is 3.94. The molecule has 0 radical (unpaired) electrons. The summed E-state index contributed by atoms with van der Waals surface area (Å²) >= 11 is 0. The second-order valence-electron chi connectivity index (χ2n) is 5.59. The van der Waals surface area contributed by atoms with Gasteiger partial charge in [0.25, 0.3) is 0 Å². The van der Waals surface area contributed by atoms with Gasteiger partial charge in [0, 0.05) is 12.0 Å². The molecule has 3 rings (SSSR count). The summed E-state index contributed by atoms with van der Waals surface area (Å²) in [6, 6.07) is 8.60. The van der Waals surface area contributed by atoms with E-state index in [-0.39, 0.29) is 12.5 Å². The van der Waals surface area contributed by atoms with Crippen molar-refractivity contribution in [3.63, 3.8) is 0 Å². The first kappa shape index (κ1) is 14.1. The maximum atomic E-state index is 11.7. The summed E-state index contributed by atoms with van der Waals surface area (Å²) in [6.07, 6.45) is 1.64. The summed E-state index contributed by atoms with van der Waals surface area (Å²) in [5.74, 6) is -0.131. The third kappa shape index (κ3) is 2.80. The van der Waals surface area contributed by atoms with Gasteiger partial charge in [-0.2, -0.15) is 0 Å². The fraction of sp³-hybridized carbons (Fsp3) is 0.438. The van der Waals surface area contributed by atoms with Crippen molar-refractivity contribution in [1.82, 2.24) is 4.90 Å². The van der Waals surface area contributed by atoms with Gasteiger partial charge in [0.05, 0.1) is 0 Å². The van der Waals surface area contributed by atoms with Gasteiger partial charge >= 0.3 is 5.97 Å². The summed E-state index contributed by atoms with van der Waals surface area (Å²) < 4.78 is 5.73. The average Bonchev–Trinajstić information content (AvgIpc) is 2.91. The molecule has 5 heteroatoms. The number of nitrogens with zero attached hydrogens (tertiary/aromatic N) is 1. The van der Waals surface area contributed by atoms with E-state index >= 15 is 0 Å². The maximum Gasteiger partial charge on any atom is 0.328 e. The molecule has 0 saturated carbocycles. The van der Waals surface area contributed by atoms with Gasteiger partial charge in [0.2, 0.25) is 0 Å². The highest BCUT2D eigenvalue weighted by Crippen LogP contribution is 2.30. The number of aliphatic hydroxyl groups excluding tert-OH is 1. The number of hydrogen-bond donors (Lipinski definition) is 2. The molecule has 2 heterocycles. The molecular formula is C16H19NO4. The monoisotopic (exact) mass is 289 g/mol. The number of aliphatic carboxylic acids is 1. The van der Waals surface area contributed by atoms with Gasteiger partial charge in [0.1, 0.15) is 11.3 Å². The molecule has 2 N–H and O–H groups in total. The minimum Gasteiger partial charge on any atom is -0.480 e. The van der Waals surface area contributed by atoms with Crippen molar-refractivity contribution in [2.75, 3.05) is 19.7 Å². The van der Waals surface area contributed by atoms with Crippen LogP contribution >= 0.6 is 0 Å². The van der Waals surface area contributed by atoms with Crippen molar-refractivity contribution in [1.29, 1.82) is 0 Å². The average molecular weight is 289 g/mol. The van der Waals surface area contributed by atoms with Crippen LogP contribution in [0.15, 0.2) is 34.7 Å². The minimum absolute atomic E-state index is 0.177. The number of carboxylic acids is 1. The van der Waals surface area contributed by atoms with Crippen LogP contribution in [-0.2, 0) is 4.79 Å². The molecule has 5 nitrogen and oxygen atoms in total. The number of rotatable bonds is 4. The highest BCUT2D eigenvalue weighted by Gasteiger charge is 2.33. The van der Waals surface area contributed by atoms with Crippen molar-refractivity contribution in [3.8, 4) is 0 Å². The van der Waals surface area contributed by atoms with Gasteiger partial charge in [-0.25, -0.2) is 0 Å². The van der Waals surface area contributed by atoms with E-state index in [2.05, 4.69) is 0 Å². The molecule has 0 bridgehead atoms. The van der Waals surface area contributed by atoms with E-state index in [1.165, 1.54) is 0 Å². The number of para-hydroxylation sites is 1. The van der Waals surface area contributed by atoms with Gasteiger partial charge in [-0.05, 0) is 44.0 Å². The molecule has 112 valence electrons. The zero-order valence-electron chi connectivity index (χ0n) is 11.7. The smallest absolute Gasteiger partial charge is 0.328 e. The van der Waals surface area contributed by atoms with E-state index in [4.69, 9.17) is 4.42 Å². The normalized spacial score (nSPS) is 18.9. The Morgan fingerprint density at radius 2 is 2.05 bits per heavy atom. The Morgan fingerprint density at radius 3 is 2.67 bits per heavy atom. The molecule has 0 amide bonds. The number of furan rings is 1. The fourth-order valence-electron chi connectivity index (χ4n) is 2.99. The van der Waals surface area contributed by atoms with Crippen LogP contribution in [0.3, 0.4) is 0 Å². The van der Waals surface area contributed by atoms with Crippen molar-refractivity contribution >= 4 is 16.9 Å². The molecule has 1 unspecified atom stereocenters. The zero-order chi connectivity index (χ0) is 14.8. The summed E-state index contributed by atoms with van der Waals surface area (Å²) in [5.41, 5.74) is 0.712. The number of benzene rings is 1. The highest BCUT2D eigenvalue weighted by molar-refractivity contribution is 5.81. The molecule has 1 fully saturated rings.